The number of nitrogens with zero attached hydrogens (tertiary/aromatic N) is 3. The molecule has 1 N–H and O–H groups in total. The summed E-state index contributed by atoms with van der Waals surface area (Å²) in [6.45, 7) is 1.75. The Kier molecular flexibility index (Phi) is 4.90. The molecule has 1 heterocycles. The van der Waals surface area contributed by atoms with Crippen LogP contribution in [0.1, 0.15) is 21.7 Å². The fourth-order valence-corrected chi connectivity index (χ4v) is 2.95. The predicted molar refractivity (Wildman–Crippen MR) is 90.9 cm³/mol. The van der Waals surface area contributed by atoms with Gasteiger partial charge in [-0.05, 0) is 36.8 Å². The Morgan fingerprint density at radius 1 is 1.12 bits per heavy atom. The van der Waals surface area contributed by atoms with Crippen molar-refractivity contribution in [3.63, 3.8) is 0 Å². The molecule has 24 heavy (non-hydrogen) atoms. The molecule has 0 saturated carbocycles. The molecule has 122 valence electrons. The van der Waals surface area contributed by atoms with Gasteiger partial charge < -0.3 is 0 Å². The largest absolute Gasteiger partial charge is 0.270 e. The molecule has 3 rings (SSSR count). The summed E-state index contributed by atoms with van der Waals surface area (Å²) < 4.78 is 14.5. The second-order valence-corrected chi connectivity index (χ2v) is 6.03. The number of carbonyl (C=O) groups is 1. The van der Waals surface area contributed by atoms with Gasteiger partial charge in [0.25, 0.3) is 5.91 Å². The molecule has 0 unspecified atom stereocenters. The third-order valence-corrected chi connectivity index (χ3v) is 4.33. The average Bonchev–Trinajstić information content (AvgIpc) is 2.94. The van der Waals surface area contributed by atoms with Crippen molar-refractivity contribution in [2.45, 2.75) is 17.8 Å². The van der Waals surface area contributed by atoms with E-state index >= 15 is 0 Å². The molecule has 0 aliphatic rings. The minimum atomic E-state index is -0.383. The number of amides is 1. The summed E-state index contributed by atoms with van der Waals surface area (Å²) in [5.41, 5.74) is 4.26. The molecule has 0 aliphatic heterocycles. The zero-order valence-corrected chi connectivity index (χ0v) is 13.8. The van der Waals surface area contributed by atoms with E-state index in [4.69, 9.17) is 0 Å². The van der Waals surface area contributed by atoms with Gasteiger partial charge in [-0.3, -0.25) is 10.2 Å². The molecule has 7 heteroatoms. The highest BCUT2D eigenvalue weighted by Gasteiger charge is 2.13. The fourth-order valence-electron chi connectivity index (χ4n) is 2.05. The monoisotopic (exact) mass is 342 g/mol. The SMILES string of the molecule is Cc1nnc(SCc2ccccc2)n1NC(=O)c1ccc(F)cc1. The van der Waals surface area contributed by atoms with Crippen LogP contribution in [0.5, 0.6) is 0 Å². The van der Waals surface area contributed by atoms with Gasteiger partial charge >= 0.3 is 0 Å². The molecule has 5 nitrogen and oxygen atoms in total. The van der Waals surface area contributed by atoms with Crippen LogP contribution in [-0.4, -0.2) is 20.8 Å². The lowest BCUT2D eigenvalue weighted by atomic mass is 10.2. The Morgan fingerprint density at radius 3 is 2.54 bits per heavy atom. The Balaban J connectivity index is 1.72. The van der Waals surface area contributed by atoms with Crippen LogP contribution in [0.4, 0.5) is 4.39 Å². The van der Waals surface area contributed by atoms with E-state index in [1.165, 1.54) is 36.0 Å². The van der Waals surface area contributed by atoms with E-state index in [1.54, 1.807) is 11.6 Å². The number of aromatic nitrogens is 3. The number of carbonyl (C=O) groups excluding carboxylic acids is 1. The van der Waals surface area contributed by atoms with Crippen molar-refractivity contribution in [2.75, 3.05) is 5.43 Å². The number of benzene rings is 2. The number of halogens is 1. The lowest BCUT2D eigenvalue weighted by Gasteiger charge is -2.10. The van der Waals surface area contributed by atoms with Crippen LogP contribution >= 0.6 is 11.8 Å². The number of hydrogen-bond donors (Lipinski definition) is 1. The predicted octanol–water partition coefficient (Wildman–Crippen LogP) is 3.40. The van der Waals surface area contributed by atoms with Crippen LogP contribution in [-0.2, 0) is 5.75 Å². The topological polar surface area (TPSA) is 59.8 Å². The van der Waals surface area contributed by atoms with Crippen molar-refractivity contribution in [1.29, 1.82) is 0 Å². The van der Waals surface area contributed by atoms with E-state index in [9.17, 15) is 9.18 Å². The summed E-state index contributed by atoms with van der Waals surface area (Å²) in [6, 6.07) is 15.3. The summed E-state index contributed by atoms with van der Waals surface area (Å²) in [5.74, 6) is 0.553. The Bertz CT molecular complexity index is 834. The maximum Gasteiger partial charge on any atom is 0.270 e. The molecule has 0 fully saturated rings. The van der Waals surface area contributed by atoms with E-state index < -0.39 is 0 Å². The summed E-state index contributed by atoms with van der Waals surface area (Å²) >= 11 is 1.48. The van der Waals surface area contributed by atoms with Crippen LogP contribution in [0.15, 0.2) is 59.8 Å². The molecule has 0 spiro atoms. The Hall–Kier alpha value is -2.67. The summed E-state index contributed by atoms with van der Waals surface area (Å²) in [7, 11) is 0. The quantitative estimate of drug-likeness (QED) is 0.722. The first-order valence-electron chi connectivity index (χ1n) is 7.29. The first kappa shape index (κ1) is 16.2. The summed E-state index contributed by atoms with van der Waals surface area (Å²) in [4.78, 5) is 12.3. The van der Waals surface area contributed by atoms with Gasteiger partial charge in [-0.25, -0.2) is 9.07 Å². The van der Waals surface area contributed by atoms with E-state index in [2.05, 4.69) is 15.6 Å². The lowest BCUT2D eigenvalue weighted by molar-refractivity contribution is 0.100. The van der Waals surface area contributed by atoms with Crippen molar-refractivity contribution < 1.29 is 9.18 Å². The number of thioether (sulfide) groups is 1. The van der Waals surface area contributed by atoms with Gasteiger partial charge in [0.05, 0.1) is 0 Å². The number of aryl methyl sites for hydroxylation is 1. The van der Waals surface area contributed by atoms with E-state index in [0.29, 0.717) is 22.3 Å². The molecular weight excluding hydrogens is 327 g/mol. The summed E-state index contributed by atoms with van der Waals surface area (Å²) in [6.07, 6.45) is 0. The third-order valence-electron chi connectivity index (χ3n) is 3.33. The van der Waals surface area contributed by atoms with E-state index in [0.717, 1.165) is 5.56 Å². The lowest BCUT2D eigenvalue weighted by Crippen LogP contribution is -2.24. The zero-order valence-electron chi connectivity index (χ0n) is 12.9. The Labute approximate surface area is 142 Å². The second kappa shape index (κ2) is 7.27. The van der Waals surface area contributed by atoms with Gasteiger partial charge in [0.2, 0.25) is 5.16 Å². The van der Waals surface area contributed by atoms with Crippen molar-refractivity contribution >= 4 is 17.7 Å². The smallest absolute Gasteiger partial charge is 0.267 e. The summed E-state index contributed by atoms with van der Waals surface area (Å²) in [5, 5.41) is 8.69. The number of nitrogens with one attached hydrogen (secondary N) is 1. The second-order valence-electron chi connectivity index (χ2n) is 5.09. The fraction of sp³-hybridized carbons (Fsp3) is 0.118. The first-order chi connectivity index (χ1) is 11.6. The highest BCUT2D eigenvalue weighted by atomic mass is 32.2. The van der Waals surface area contributed by atoms with Crippen molar-refractivity contribution in [3.05, 3.63) is 77.4 Å². The zero-order chi connectivity index (χ0) is 16.9. The van der Waals surface area contributed by atoms with Crippen LogP contribution in [0, 0.1) is 12.7 Å². The van der Waals surface area contributed by atoms with Crippen molar-refractivity contribution in [1.82, 2.24) is 14.9 Å². The van der Waals surface area contributed by atoms with Crippen LogP contribution in [0.3, 0.4) is 0 Å². The highest BCUT2D eigenvalue weighted by Crippen LogP contribution is 2.21. The van der Waals surface area contributed by atoms with Gasteiger partial charge in [0.1, 0.15) is 11.6 Å². The number of rotatable bonds is 5. The first-order valence-corrected chi connectivity index (χ1v) is 8.28. The van der Waals surface area contributed by atoms with E-state index in [1.807, 2.05) is 30.3 Å². The molecule has 0 radical (unpaired) electrons. The number of hydrogen-bond acceptors (Lipinski definition) is 4. The molecule has 1 aromatic heterocycles. The maximum atomic E-state index is 13.0. The molecule has 0 atom stereocenters. The Morgan fingerprint density at radius 2 is 1.83 bits per heavy atom. The molecule has 0 bridgehead atoms. The van der Waals surface area contributed by atoms with Gasteiger partial charge in [-0.1, -0.05) is 42.1 Å². The molecule has 0 saturated heterocycles. The van der Waals surface area contributed by atoms with Crippen molar-refractivity contribution in [2.24, 2.45) is 0 Å². The average molecular weight is 342 g/mol. The molecule has 0 aliphatic carbocycles. The minimum absolute atomic E-state index is 0.348. The maximum absolute atomic E-state index is 13.0. The van der Waals surface area contributed by atoms with Crippen molar-refractivity contribution in [3.8, 4) is 0 Å². The molecule has 2 aromatic carbocycles. The normalized spacial score (nSPS) is 10.6. The van der Waals surface area contributed by atoms with Gasteiger partial charge in [-0.15, -0.1) is 10.2 Å². The molecule has 3 aromatic rings. The van der Waals surface area contributed by atoms with Crippen LogP contribution < -0.4 is 5.43 Å². The van der Waals surface area contributed by atoms with Gasteiger partial charge in [0.15, 0.2) is 0 Å². The van der Waals surface area contributed by atoms with E-state index in [-0.39, 0.29) is 11.7 Å². The minimum Gasteiger partial charge on any atom is -0.267 e. The van der Waals surface area contributed by atoms with Gasteiger partial charge in [-0.2, -0.15) is 0 Å². The highest BCUT2D eigenvalue weighted by molar-refractivity contribution is 7.98. The van der Waals surface area contributed by atoms with Gasteiger partial charge in [0, 0.05) is 11.3 Å². The third kappa shape index (κ3) is 3.80. The van der Waals surface area contributed by atoms with Crippen LogP contribution in [0.25, 0.3) is 0 Å². The standard InChI is InChI=1S/C17H15FN4OS/c1-12-19-20-17(24-11-13-5-3-2-4-6-13)22(12)21-16(23)14-7-9-15(18)10-8-14/h2-10H,11H2,1H3,(H,21,23). The molecular formula is C17H15FN4OS. The molecule has 1 amide bonds. The van der Waals surface area contributed by atoms with Crippen LogP contribution in [0.2, 0.25) is 0 Å².